The number of benzene rings is 1. The molecule has 124 valence electrons. The van der Waals surface area contributed by atoms with Crippen molar-refractivity contribution in [2.45, 2.75) is 13.7 Å². The number of carbonyl (C=O) groups is 1. The fraction of sp³-hybridized carbons (Fsp3) is 0.182. The van der Waals surface area contributed by atoms with Crippen molar-refractivity contribution in [2.75, 3.05) is 5.32 Å². The summed E-state index contributed by atoms with van der Waals surface area (Å²) in [6, 6.07) is 4.01. The molecule has 0 aliphatic heterocycles. The maximum absolute atomic E-state index is 13.6. The number of halogens is 2. The Bertz CT molecular complexity index is 791. The number of anilines is 1. The van der Waals surface area contributed by atoms with Crippen molar-refractivity contribution in [1.82, 2.24) is 15.0 Å². The van der Waals surface area contributed by atoms with Gasteiger partial charge in [-0.3, -0.25) is 9.32 Å². The summed E-state index contributed by atoms with van der Waals surface area (Å²) in [5, 5.41) is 8.63. The Morgan fingerprint density at radius 3 is 2.70 bits per heavy atom. The van der Waals surface area contributed by atoms with Gasteiger partial charge in [-0.15, -0.1) is 10.2 Å². The molecule has 1 aromatic carbocycles. The number of phosphoric ester groups is 1. The first-order valence-corrected chi connectivity index (χ1v) is 7.57. The van der Waals surface area contributed by atoms with Gasteiger partial charge < -0.3 is 15.1 Å². The van der Waals surface area contributed by atoms with E-state index in [1.54, 1.807) is 13.0 Å². The van der Waals surface area contributed by atoms with Crippen molar-refractivity contribution in [3.05, 3.63) is 41.2 Å². The largest absolute Gasteiger partial charge is 0.471 e. The first kappa shape index (κ1) is 17.2. The molecule has 0 aliphatic rings. The van der Waals surface area contributed by atoms with Crippen LogP contribution in [0.3, 0.4) is 0 Å². The van der Waals surface area contributed by atoms with Gasteiger partial charge >= 0.3 is 7.82 Å². The molecule has 0 unspecified atom stereocenters. The Hall–Kier alpha value is -2.20. The molecule has 3 N–H and O–H groups in total. The summed E-state index contributed by atoms with van der Waals surface area (Å²) < 4.78 is 41.8. The lowest BCUT2D eigenvalue weighted by molar-refractivity contribution is 0.101. The number of aromatic nitrogens is 3. The lowest BCUT2D eigenvalue weighted by atomic mass is 10.2. The van der Waals surface area contributed by atoms with E-state index in [2.05, 4.69) is 20.0 Å². The summed E-state index contributed by atoms with van der Waals surface area (Å²) in [6.45, 7) is 0.786. The summed E-state index contributed by atoms with van der Waals surface area (Å²) in [7, 11) is -4.80. The monoisotopic (exact) mass is 348 g/mol. The summed E-state index contributed by atoms with van der Waals surface area (Å²) in [4.78, 5) is 29.3. The molecular weight excluding hydrogens is 337 g/mol. The maximum atomic E-state index is 13.6. The number of nitrogens with one attached hydrogen (secondary N) is 1. The van der Waals surface area contributed by atoms with E-state index in [0.29, 0.717) is 10.4 Å². The van der Waals surface area contributed by atoms with E-state index in [4.69, 9.17) is 9.79 Å². The predicted octanol–water partition coefficient (Wildman–Crippen LogP) is 1.18. The molecule has 12 heteroatoms. The zero-order chi connectivity index (χ0) is 17.2. The first-order valence-electron chi connectivity index (χ1n) is 6.04. The van der Waals surface area contributed by atoms with Crippen LogP contribution in [0.15, 0.2) is 18.2 Å². The molecule has 9 nitrogen and oxygen atoms in total. The van der Waals surface area contributed by atoms with Crippen molar-refractivity contribution in [3.8, 4) is 0 Å². The highest BCUT2D eigenvalue weighted by molar-refractivity contribution is 7.46. The third kappa shape index (κ3) is 4.63. The fourth-order valence-electron chi connectivity index (χ4n) is 1.55. The van der Waals surface area contributed by atoms with E-state index < -0.39 is 37.9 Å². The molecule has 0 spiro atoms. The third-order valence-corrected chi connectivity index (χ3v) is 3.00. The Labute approximate surface area is 128 Å². The number of carbonyl (C=O) groups excluding carboxylic acids is 1. The predicted molar refractivity (Wildman–Crippen MR) is 72.2 cm³/mol. The molecule has 0 radical (unpaired) electrons. The highest BCUT2D eigenvalue weighted by Gasteiger charge is 2.21. The number of amides is 1. The van der Waals surface area contributed by atoms with Crippen molar-refractivity contribution in [1.29, 1.82) is 0 Å². The van der Waals surface area contributed by atoms with Gasteiger partial charge in [0.1, 0.15) is 5.82 Å². The second-order valence-electron chi connectivity index (χ2n) is 4.40. The molecule has 0 aliphatic carbocycles. The van der Waals surface area contributed by atoms with E-state index >= 15 is 0 Å². The number of hydrogen-bond acceptors (Lipinski definition) is 5. The van der Waals surface area contributed by atoms with Crippen LogP contribution in [0, 0.1) is 18.7 Å². The Morgan fingerprint density at radius 2 is 2.09 bits per heavy atom. The summed E-state index contributed by atoms with van der Waals surface area (Å²) >= 11 is 0. The Kier molecular flexibility index (Phi) is 4.85. The van der Waals surface area contributed by atoms with Crippen molar-refractivity contribution in [2.24, 2.45) is 0 Å². The molecule has 0 bridgehead atoms. The lowest BCUT2D eigenvalue weighted by Crippen LogP contribution is -2.15. The SMILES string of the molecule is Cc1ccc(NC(=O)c2nn(COP(=O)(O)O)nc2F)c(F)c1. The highest BCUT2D eigenvalue weighted by Crippen LogP contribution is 2.35. The van der Waals surface area contributed by atoms with Crippen LogP contribution in [0.2, 0.25) is 0 Å². The van der Waals surface area contributed by atoms with Crippen LogP contribution < -0.4 is 5.32 Å². The van der Waals surface area contributed by atoms with Gasteiger partial charge in [-0.1, -0.05) is 6.07 Å². The van der Waals surface area contributed by atoms with E-state index in [-0.39, 0.29) is 5.69 Å². The van der Waals surface area contributed by atoms with Crippen LogP contribution in [0.1, 0.15) is 16.1 Å². The average Bonchev–Trinajstić information content (AvgIpc) is 2.80. The molecule has 1 heterocycles. The van der Waals surface area contributed by atoms with Crippen LogP contribution in [0.5, 0.6) is 0 Å². The molecular formula is C11H11F2N4O5P. The van der Waals surface area contributed by atoms with E-state index in [9.17, 15) is 18.1 Å². The van der Waals surface area contributed by atoms with E-state index in [0.717, 1.165) is 0 Å². The standard InChI is InChI=1S/C11H11F2N4O5P/c1-6-2-3-8(7(12)4-6)14-11(18)9-10(13)16-17(15-9)5-22-23(19,20)21/h2-4H,5H2,1H3,(H,14,18)(H2,19,20,21). The van der Waals surface area contributed by atoms with Crippen LogP contribution in [0.25, 0.3) is 0 Å². The molecule has 0 saturated carbocycles. The highest BCUT2D eigenvalue weighted by atomic mass is 31.2. The second-order valence-corrected chi connectivity index (χ2v) is 5.64. The van der Waals surface area contributed by atoms with Crippen LogP contribution >= 0.6 is 7.82 Å². The zero-order valence-corrected chi connectivity index (χ0v) is 12.5. The first-order chi connectivity index (χ1) is 10.7. The van der Waals surface area contributed by atoms with E-state index in [1.165, 1.54) is 12.1 Å². The third-order valence-electron chi connectivity index (χ3n) is 2.54. The summed E-state index contributed by atoms with van der Waals surface area (Å²) in [5.74, 6) is -3.09. The molecule has 1 aromatic heterocycles. The molecule has 0 saturated heterocycles. The van der Waals surface area contributed by atoms with Crippen molar-refractivity contribution < 1.29 is 32.5 Å². The smallest absolute Gasteiger partial charge is 0.318 e. The minimum absolute atomic E-state index is 0.180. The summed E-state index contributed by atoms with van der Waals surface area (Å²) in [6.07, 6.45) is 0. The normalized spacial score (nSPS) is 11.5. The number of nitrogens with zero attached hydrogens (tertiary/aromatic N) is 3. The minimum atomic E-state index is -4.80. The zero-order valence-electron chi connectivity index (χ0n) is 11.6. The van der Waals surface area contributed by atoms with Gasteiger partial charge in [-0.2, -0.15) is 9.19 Å². The van der Waals surface area contributed by atoms with Crippen molar-refractivity contribution in [3.63, 3.8) is 0 Å². The molecule has 23 heavy (non-hydrogen) atoms. The van der Waals surface area contributed by atoms with Gasteiger partial charge in [-0.25, -0.2) is 8.96 Å². The van der Waals surface area contributed by atoms with Crippen molar-refractivity contribution >= 4 is 19.4 Å². The second kappa shape index (κ2) is 6.50. The molecule has 2 aromatic rings. The molecule has 2 rings (SSSR count). The number of rotatable bonds is 5. The van der Waals surface area contributed by atoms with Gasteiger partial charge in [0.2, 0.25) is 5.69 Å². The number of phosphoric acid groups is 1. The van der Waals surface area contributed by atoms with Gasteiger partial charge in [0, 0.05) is 0 Å². The van der Waals surface area contributed by atoms with Gasteiger partial charge in [0.05, 0.1) is 5.69 Å². The minimum Gasteiger partial charge on any atom is -0.318 e. The van der Waals surface area contributed by atoms with Crippen LogP contribution in [-0.2, 0) is 15.8 Å². The van der Waals surface area contributed by atoms with Gasteiger partial charge in [0.15, 0.2) is 6.73 Å². The van der Waals surface area contributed by atoms with Crippen LogP contribution in [0.4, 0.5) is 14.5 Å². The Balaban J connectivity index is 2.13. The van der Waals surface area contributed by atoms with E-state index in [1.807, 2.05) is 0 Å². The maximum Gasteiger partial charge on any atom is 0.471 e. The van der Waals surface area contributed by atoms with Gasteiger partial charge in [0.25, 0.3) is 11.9 Å². The lowest BCUT2D eigenvalue weighted by Gasteiger charge is -2.05. The number of aryl methyl sites for hydroxylation is 1. The average molecular weight is 348 g/mol. The Morgan fingerprint density at radius 1 is 1.39 bits per heavy atom. The molecule has 0 atom stereocenters. The number of hydrogen-bond donors (Lipinski definition) is 3. The topological polar surface area (TPSA) is 127 Å². The summed E-state index contributed by atoms with van der Waals surface area (Å²) in [5.41, 5.74) is -0.326. The molecule has 1 amide bonds. The quantitative estimate of drug-likeness (QED) is 0.693. The fourth-order valence-corrected chi connectivity index (χ4v) is 1.81. The van der Waals surface area contributed by atoms with Gasteiger partial charge in [-0.05, 0) is 24.6 Å². The van der Waals surface area contributed by atoms with Crippen LogP contribution in [-0.4, -0.2) is 30.7 Å². The molecule has 0 fully saturated rings.